The third kappa shape index (κ3) is 3.58. The summed E-state index contributed by atoms with van der Waals surface area (Å²) in [4.78, 5) is 13.2. The molecule has 4 N–H and O–H groups in total. The highest BCUT2D eigenvalue weighted by molar-refractivity contribution is 6.19. The molecule has 0 unspecified atom stereocenters. The largest absolute Gasteiger partial charge is 0.507 e. The Bertz CT molecular complexity index is 1620. The Morgan fingerprint density at radius 3 is 2.35 bits per heavy atom. The Labute approximate surface area is 211 Å². The molecule has 0 bridgehead atoms. The zero-order valence-electron chi connectivity index (χ0n) is 20.8. The van der Waals surface area contributed by atoms with Crippen LogP contribution in [-0.2, 0) is 4.74 Å². The molecule has 1 aliphatic heterocycles. The van der Waals surface area contributed by atoms with E-state index in [1.807, 2.05) is 0 Å². The smallest absolute Gasteiger partial charge is 0.344 e. The summed E-state index contributed by atoms with van der Waals surface area (Å²) in [6, 6.07) is 7.95. The second-order valence-electron chi connectivity index (χ2n) is 9.48. The summed E-state index contributed by atoms with van der Waals surface area (Å²) < 4.78 is 23.1. The number of hydrogen-bond acceptors (Lipinski definition) is 9. The van der Waals surface area contributed by atoms with Gasteiger partial charge in [0.1, 0.15) is 46.7 Å². The van der Waals surface area contributed by atoms with Crippen molar-refractivity contribution in [2.24, 2.45) is 0 Å². The minimum atomic E-state index is -1.71. The summed E-state index contributed by atoms with van der Waals surface area (Å²) in [7, 11) is 2.93. The van der Waals surface area contributed by atoms with E-state index >= 15 is 0 Å². The van der Waals surface area contributed by atoms with Crippen LogP contribution in [0.4, 0.5) is 0 Å². The number of fused-ring (bicyclic) bond motifs is 5. The van der Waals surface area contributed by atoms with Gasteiger partial charge in [0.2, 0.25) is 0 Å². The van der Waals surface area contributed by atoms with Crippen LogP contribution < -0.4 is 15.1 Å². The molecule has 5 rings (SSSR count). The monoisotopic (exact) mass is 508 g/mol. The Kier molecular flexibility index (Phi) is 5.91. The normalized spacial score (nSPS) is 26.0. The molecule has 1 fully saturated rings. The maximum atomic E-state index is 13.2. The molecule has 5 atom stereocenters. The van der Waals surface area contributed by atoms with Crippen LogP contribution in [0.3, 0.4) is 0 Å². The lowest BCUT2D eigenvalue weighted by Crippen LogP contribution is -2.61. The summed E-state index contributed by atoms with van der Waals surface area (Å²) >= 11 is 0. The number of hydrogen-bond donors (Lipinski definition) is 4. The zero-order chi connectivity index (χ0) is 26.8. The van der Waals surface area contributed by atoms with E-state index in [0.29, 0.717) is 27.6 Å². The van der Waals surface area contributed by atoms with Crippen LogP contribution in [0.2, 0.25) is 0 Å². The van der Waals surface area contributed by atoms with Gasteiger partial charge < -0.3 is 39.1 Å². The van der Waals surface area contributed by atoms with Gasteiger partial charge in [-0.25, -0.2) is 4.79 Å². The molecule has 0 radical (unpaired) electrons. The third-order valence-corrected chi connectivity index (χ3v) is 7.41. The molecular formula is C28H28O9. The minimum absolute atomic E-state index is 0.110. The summed E-state index contributed by atoms with van der Waals surface area (Å²) in [5, 5.41) is 44.8. The highest BCUT2D eigenvalue weighted by Crippen LogP contribution is 2.47. The quantitative estimate of drug-likeness (QED) is 0.241. The predicted molar refractivity (Wildman–Crippen MR) is 138 cm³/mol. The van der Waals surface area contributed by atoms with Crippen LogP contribution in [0.5, 0.6) is 17.2 Å². The number of methoxy groups -OCH3 is 2. The van der Waals surface area contributed by atoms with E-state index in [2.05, 4.69) is 6.58 Å². The van der Waals surface area contributed by atoms with Gasteiger partial charge in [-0.15, -0.1) is 0 Å². The summed E-state index contributed by atoms with van der Waals surface area (Å²) in [6.45, 7) is 6.73. The highest BCUT2D eigenvalue weighted by atomic mass is 16.5. The second-order valence-corrected chi connectivity index (χ2v) is 9.48. The maximum Gasteiger partial charge on any atom is 0.344 e. The maximum absolute atomic E-state index is 13.2. The molecule has 194 valence electrons. The molecule has 0 spiro atoms. The Balaban J connectivity index is 1.96. The number of aliphatic hydroxyl groups excluding tert-OH is 2. The van der Waals surface area contributed by atoms with Crippen LogP contribution in [0.1, 0.15) is 31.1 Å². The van der Waals surface area contributed by atoms with Gasteiger partial charge in [-0.05, 0) is 49.2 Å². The summed E-state index contributed by atoms with van der Waals surface area (Å²) in [5.74, 6) is 0.528. The van der Waals surface area contributed by atoms with Gasteiger partial charge in [0, 0.05) is 16.2 Å². The van der Waals surface area contributed by atoms with Gasteiger partial charge in [-0.3, -0.25) is 0 Å². The lowest BCUT2D eigenvalue weighted by atomic mass is 9.81. The third-order valence-electron chi connectivity index (χ3n) is 7.41. The molecule has 1 aliphatic rings. The van der Waals surface area contributed by atoms with E-state index in [0.717, 1.165) is 0 Å². The first kappa shape index (κ1) is 25.0. The molecule has 9 heteroatoms. The molecule has 9 nitrogen and oxygen atoms in total. The van der Waals surface area contributed by atoms with E-state index < -0.39 is 35.6 Å². The first-order valence-electron chi connectivity index (χ1n) is 11.7. The fourth-order valence-electron chi connectivity index (χ4n) is 5.14. The molecule has 1 saturated heterocycles. The lowest BCUT2D eigenvalue weighted by molar-refractivity contribution is -0.260. The van der Waals surface area contributed by atoms with E-state index in [1.165, 1.54) is 33.3 Å². The van der Waals surface area contributed by atoms with E-state index in [-0.39, 0.29) is 33.2 Å². The summed E-state index contributed by atoms with van der Waals surface area (Å²) in [6.07, 6.45) is -3.47. The van der Waals surface area contributed by atoms with Crippen LogP contribution in [0, 0.1) is 0 Å². The van der Waals surface area contributed by atoms with Crippen molar-refractivity contribution in [1.29, 1.82) is 0 Å². The molecule has 1 aromatic heterocycles. The van der Waals surface area contributed by atoms with Gasteiger partial charge >= 0.3 is 5.63 Å². The average molecular weight is 509 g/mol. The Morgan fingerprint density at radius 2 is 1.70 bits per heavy atom. The second kappa shape index (κ2) is 8.74. The standard InChI is InChI=1S/C28H28O9/c1-6-13-9-16-20(18(10-13)34-4)15-11-19(35-5)22-17(29)8-7-14(21(22)24(15)37-27(16)32)25-23(30)26(31)28(3,33)12(2)36-25/h6-12,23,25-26,29-31,33H,1H2,2-5H3/t12-,23+,25-,26-,28+/m1/s1. The Morgan fingerprint density at radius 1 is 1.03 bits per heavy atom. The Hall–Kier alpha value is -3.63. The summed E-state index contributed by atoms with van der Waals surface area (Å²) in [5.41, 5.74) is -1.25. The number of phenols is 1. The number of benzene rings is 3. The van der Waals surface area contributed by atoms with Crippen LogP contribution in [-0.4, -0.2) is 58.6 Å². The molecule has 0 saturated carbocycles. The SMILES string of the molecule is C=Cc1cc(OC)c2c(c1)c(=O)oc1c2cc(OC)c2c(O)ccc([C@H]3O[C@H](C)[C@](C)(O)[C@H](O)[C@H]3O)c21. The lowest BCUT2D eigenvalue weighted by Gasteiger charge is -2.46. The van der Waals surface area contributed by atoms with Crippen LogP contribution in [0.15, 0.2) is 46.1 Å². The van der Waals surface area contributed by atoms with Crippen LogP contribution in [0.25, 0.3) is 38.6 Å². The minimum Gasteiger partial charge on any atom is -0.507 e. The molecule has 2 heterocycles. The predicted octanol–water partition coefficient (Wildman–Crippen LogP) is 3.40. The zero-order valence-corrected chi connectivity index (χ0v) is 20.8. The highest BCUT2D eigenvalue weighted by Gasteiger charge is 2.50. The van der Waals surface area contributed by atoms with Crippen molar-refractivity contribution in [2.75, 3.05) is 14.2 Å². The van der Waals surface area contributed by atoms with Gasteiger partial charge in [0.05, 0.1) is 31.1 Å². The van der Waals surface area contributed by atoms with Gasteiger partial charge in [0.15, 0.2) is 0 Å². The van der Waals surface area contributed by atoms with Gasteiger partial charge in [-0.1, -0.05) is 18.7 Å². The van der Waals surface area contributed by atoms with Crippen molar-refractivity contribution in [3.8, 4) is 17.2 Å². The molecule has 0 aliphatic carbocycles. The van der Waals surface area contributed by atoms with Crippen molar-refractivity contribution < 1.29 is 39.1 Å². The molecule has 3 aromatic carbocycles. The van der Waals surface area contributed by atoms with Crippen LogP contribution >= 0.6 is 0 Å². The van der Waals surface area contributed by atoms with Crippen molar-refractivity contribution in [2.45, 2.75) is 43.9 Å². The number of aliphatic hydroxyl groups is 3. The van der Waals surface area contributed by atoms with E-state index in [4.69, 9.17) is 18.6 Å². The number of ether oxygens (including phenoxy) is 3. The number of aromatic hydroxyl groups is 1. The first-order valence-corrected chi connectivity index (χ1v) is 11.7. The number of phenolic OH excluding ortho intramolecular Hbond substituents is 1. The first-order chi connectivity index (χ1) is 17.5. The van der Waals surface area contributed by atoms with Gasteiger partial charge in [0.25, 0.3) is 0 Å². The fourth-order valence-corrected chi connectivity index (χ4v) is 5.14. The van der Waals surface area contributed by atoms with Crippen molar-refractivity contribution in [1.82, 2.24) is 0 Å². The van der Waals surface area contributed by atoms with E-state index in [9.17, 15) is 25.2 Å². The fraction of sp³-hybridized carbons (Fsp3) is 0.321. The molecule has 37 heavy (non-hydrogen) atoms. The van der Waals surface area contributed by atoms with Crippen molar-refractivity contribution in [3.05, 3.63) is 58.5 Å². The molecule has 0 amide bonds. The average Bonchev–Trinajstić information content (AvgIpc) is 2.89. The topological polar surface area (TPSA) is 139 Å². The number of rotatable bonds is 4. The molecule has 4 aromatic rings. The van der Waals surface area contributed by atoms with Crippen molar-refractivity contribution >= 4 is 38.6 Å². The van der Waals surface area contributed by atoms with Crippen molar-refractivity contribution in [3.63, 3.8) is 0 Å². The molecular weight excluding hydrogens is 480 g/mol. The van der Waals surface area contributed by atoms with E-state index in [1.54, 1.807) is 31.2 Å². The van der Waals surface area contributed by atoms with Gasteiger partial charge in [-0.2, -0.15) is 0 Å².